The minimum absolute atomic E-state index is 0.500. The molecule has 0 radical (unpaired) electrons. The second kappa shape index (κ2) is 4.81. The smallest absolute Gasteiger partial charge is 0.0670 e. The number of nitrogens with one attached hydrogen (secondary N) is 1. The van der Waals surface area contributed by atoms with Crippen LogP contribution in [0.5, 0.6) is 0 Å². The van der Waals surface area contributed by atoms with Crippen molar-refractivity contribution < 1.29 is 0 Å². The molecule has 3 nitrogen and oxygen atoms in total. The van der Waals surface area contributed by atoms with Crippen LogP contribution >= 0.6 is 0 Å². The number of para-hydroxylation sites is 1. The summed E-state index contributed by atoms with van der Waals surface area (Å²) < 4.78 is 0. The van der Waals surface area contributed by atoms with Crippen LogP contribution in [0.2, 0.25) is 0 Å². The normalized spacial score (nSPS) is 16.1. The molecule has 0 aromatic heterocycles. The van der Waals surface area contributed by atoms with Gasteiger partial charge < -0.3 is 10.2 Å². The van der Waals surface area contributed by atoms with Gasteiger partial charge in [0.1, 0.15) is 0 Å². The van der Waals surface area contributed by atoms with Crippen LogP contribution in [0.3, 0.4) is 0 Å². The number of hydrogen-bond donors (Lipinski definition) is 1. The van der Waals surface area contributed by atoms with E-state index in [1.807, 2.05) is 18.2 Å². The van der Waals surface area contributed by atoms with Crippen LogP contribution in [0.4, 0.5) is 5.69 Å². The standard InChI is InChI=1S/C12H15N3/c13-6-5-11-3-1-2-4-12(11)15-9-7-14-8-10-15/h1-4,14H,5,7-10H2. The lowest BCUT2D eigenvalue weighted by Gasteiger charge is -2.30. The van der Waals surface area contributed by atoms with Crippen molar-refractivity contribution in [3.05, 3.63) is 29.8 Å². The van der Waals surface area contributed by atoms with Crippen LogP contribution < -0.4 is 10.2 Å². The van der Waals surface area contributed by atoms with E-state index >= 15 is 0 Å². The van der Waals surface area contributed by atoms with Crippen molar-refractivity contribution in [3.63, 3.8) is 0 Å². The zero-order valence-corrected chi connectivity index (χ0v) is 8.74. The molecule has 0 spiro atoms. The number of piperazine rings is 1. The number of benzene rings is 1. The molecule has 1 saturated heterocycles. The first-order chi connectivity index (χ1) is 7.42. The molecule has 3 heteroatoms. The highest BCUT2D eigenvalue weighted by atomic mass is 15.2. The van der Waals surface area contributed by atoms with E-state index in [0.29, 0.717) is 6.42 Å². The molecule has 15 heavy (non-hydrogen) atoms. The van der Waals surface area contributed by atoms with Crippen molar-refractivity contribution in [1.29, 1.82) is 5.26 Å². The van der Waals surface area contributed by atoms with Crippen LogP contribution in [-0.4, -0.2) is 26.2 Å². The highest BCUT2D eigenvalue weighted by Crippen LogP contribution is 2.20. The molecule has 0 saturated carbocycles. The SMILES string of the molecule is N#CCc1ccccc1N1CCNCC1. The van der Waals surface area contributed by atoms with Crippen molar-refractivity contribution in [2.45, 2.75) is 6.42 Å². The molecule has 1 aliphatic heterocycles. The van der Waals surface area contributed by atoms with Gasteiger partial charge in [-0.15, -0.1) is 0 Å². The van der Waals surface area contributed by atoms with E-state index in [1.165, 1.54) is 5.69 Å². The number of nitrogens with zero attached hydrogens (tertiary/aromatic N) is 2. The second-order valence-electron chi connectivity index (χ2n) is 3.70. The summed E-state index contributed by atoms with van der Waals surface area (Å²) in [6.45, 7) is 4.12. The Labute approximate surface area is 90.3 Å². The summed E-state index contributed by atoms with van der Waals surface area (Å²) in [5, 5.41) is 12.1. The Morgan fingerprint density at radius 2 is 2.00 bits per heavy atom. The second-order valence-corrected chi connectivity index (χ2v) is 3.70. The molecule has 0 unspecified atom stereocenters. The predicted octanol–water partition coefficient (Wildman–Crippen LogP) is 1.16. The first-order valence-electron chi connectivity index (χ1n) is 5.32. The largest absolute Gasteiger partial charge is 0.369 e. The maximum absolute atomic E-state index is 8.76. The summed E-state index contributed by atoms with van der Waals surface area (Å²) in [6, 6.07) is 10.4. The molecule has 2 rings (SSSR count). The summed E-state index contributed by atoms with van der Waals surface area (Å²) in [6.07, 6.45) is 0.500. The molecular weight excluding hydrogens is 186 g/mol. The maximum atomic E-state index is 8.76. The first-order valence-corrected chi connectivity index (χ1v) is 5.32. The van der Waals surface area contributed by atoms with Crippen LogP contribution in [0.1, 0.15) is 5.56 Å². The average Bonchev–Trinajstić information content (AvgIpc) is 2.31. The molecule has 78 valence electrons. The first kappa shape index (κ1) is 10.0. The third-order valence-electron chi connectivity index (χ3n) is 2.72. The minimum atomic E-state index is 0.500. The molecule has 0 atom stereocenters. The summed E-state index contributed by atoms with van der Waals surface area (Å²) in [4.78, 5) is 2.35. The Bertz CT molecular complexity index is 361. The summed E-state index contributed by atoms with van der Waals surface area (Å²) in [5.41, 5.74) is 2.36. The van der Waals surface area contributed by atoms with Gasteiger partial charge in [0.25, 0.3) is 0 Å². The zero-order chi connectivity index (χ0) is 10.5. The topological polar surface area (TPSA) is 39.1 Å². The monoisotopic (exact) mass is 201 g/mol. The average molecular weight is 201 g/mol. The van der Waals surface area contributed by atoms with Gasteiger partial charge >= 0.3 is 0 Å². The van der Waals surface area contributed by atoms with Gasteiger partial charge in [-0.05, 0) is 11.6 Å². The van der Waals surface area contributed by atoms with Crippen LogP contribution in [0, 0.1) is 11.3 Å². The number of rotatable bonds is 2. The highest BCUT2D eigenvalue weighted by molar-refractivity contribution is 5.54. The summed E-state index contributed by atoms with van der Waals surface area (Å²) >= 11 is 0. The minimum Gasteiger partial charge on any atom is -0.369 e. The van der Waals surface area contributed by atoms with Gasteiger partial charge in [0.05, 0.1) is 12.5 Å². The van der Waals surface area contributed by atoms with E-state index < -0.39 is 0 Å². The third kappa shape index (κ3) is 2.28. The van der Waals surface area contributed by atoms with Gasteiger partial charge in [-0.1, -0.05) is 18.2 Å². The summed E-state index contributed by atoms with van der Waals surface area (Å²) in [5.74, 6) is 0. The fourth-order valence-electron chi connectivity index (χ4n) is 1.96. The molecule has 0 bridgehead atoms. The number of hydrogen-bond acceptors (Lipinski definition) is 3. The van der Waals surface area contributed by atoms with Gasteiger partial charge in [-0.3, -0.25) is 0 Å². The molecule has 0 amide bonds. The lowest BCUT2D eigenvalue weighted by molar-refractivity contribution is 0.588. The molecule has 1 heterocycles. The van der Waals surface area contributed by atoms with E-state index in [4.69, 9.17) is 5.26 Å². The molecule has 0 aliphatic carbocycles. The van der Waals surface area contributed by atoms with Crippen LogP contribution in [0.15, 0.2) is 24.3 Å². The van der Waals surface area contributed by atoms with Crippen molar-refractivity contribution >= 4 is 5.69 Å². The van der Waals surface area contributed by atoms with E-state index in [2.05, 4.69) is 22.4 Å². The molecule has 1 fully saturated rings. The molecule has 1 aromatic rings. The Kier molecular flexibility index (Phi) is 3.21. The van der Waals surface area contributed by atoms with Crippen LogP contribution in [0.25, 0.3) is 0 Å². The lowest BCUT2D eigenvalue weighted by atomic mass is 10.1. The molecular formula is C12H15N3. The van der Waals surface area contributed by atoms with E-state index in [1.54, 1.807) is 0 Å². The Balaban J connectivity index is 2.21. The van der Waals surface area contributed by atoms with E-state index in [-0.39, 0.29) is 0 Å². The van der Waals surface area contributed by atoms with Crippen molar-refractivity contribution in [3.8, 4) is 6.07 Å². The lowest BCUT2D eigenvalue weighted by Crippen LogP contribution is -2.43. The molecule has 1 aliphatic rings. The fourth-order valence-corrected chi connectivity index (χ4v) is 1.96. The third-order valence-corrected chi connectivity index (χ3v) is 2.72. The summed E-state index contributed by atoms with van der Waals surface area (Å²) in [7, 11) is 0. The van der Waals surface area contributed by atoms with Gasteiger partial charge in [0, 0.05) is 31.9 Å². The number of nitriles is 1. The predicted molar refractivity (Wildman–Crippen MR) is 60.8 cm³/mol. The zero-order valence-electron chi connectivity index (χ0n) is 8.74. The quantitative estimate of drug-likeness (QED) is 0.780. The maximum Gasteiger partial charge on any atom is 0.0670 e. The Hall–Kier alpha value is -1.53. The highest BCUT2D eigenvalue weighted by Gasteiger charge is 2.12. The van der Waals surface area contributed by atoms with Gasteiger partial charge in [-0.2, -0.15) is 5.26 Å². The van der Waals surface area contributed by atoms with Crippen molar-refractivity contribution in [2.24, 2.45) is 0 Å². The van der Waals surface area contributed by atoms with Gasteiger partial charge in [0.15, 0.2) is 0 Å². The van der Waals surface area contributed by atoms with Gasteiger partial charge in [0.2, 0.25) is 0 Å². The molecule has 1 N–H and O–H groups in total. The fraction of sp³-hybridized carbons (Fsp3) is 0.417. The van der Waals surface area contributed by atoms with Crippen molar-refractivity contribution in [1.82, 2.24) is 5.32 Å². The number of anilines is 1. The Morgan fingerprint density at radius 3 is 2.73 bits per heavy atom. The molecule has 1 aromatic carbocycles. The van der Waals surface area contributed by atoms with Crippen LogP contribution in [-0.2, 0) is 6.42 Å². The Morgan fingerprint density at radius 1 is 1.27 bits per heavy atom. The van der Waals surface area contributed by atoms with Gasteiger partial charge in [-0.25, -0.2) is 0 Å². The van der Waals surface area contributed by atoms with E-state index in [0.717, 1.165) is 31.7 Å². The van der Waals surface area contributed by atoms with E-state index in [9.17, 15) is 0 Å². The van der Waals surface area contributed by atoms with Crippen molar-refractivity contribution in [2.75, 3.05) is 31.1 Å².